The molecule has 0 fully saturated rings. The van der Waals surface area contributed by atoms with Crippen molar-refractivity contribution in [2.24, 2.45) is 5.73 Å². The molecular formula is C22H17N5O3S. The van der Waals surface area contributed by atoms with Gasteiger partial charge in [0.2, 0.25) is 5.88 Å². The number of rotatable bonds is 5. The zero-order chi connectivity index (χ0) is 22.1. The van der Waals surface area contributed by atoms with Gasteiger partial charge in [-0.25, -0.2) is 0 Å². The average Bonchev–Trinajstić information content (AvgIpc) is 3.14. The maximum Gasteiger partial charge on any atom is 0.256 e. The van der Waals surface area contributed by atoms with Crippen molar-refractivity contribution in [3.05, 3.63) is 75.4 Å². The molecule has 1 atom stereocenters. The van der Waals surface area contributed by atoms with Crippen LogP contribution in [0.3, 0.4) is 0 Å². The molecule has 0 radical (unpaired) electrons. The van der Waals surface area contributed by atoms with E-state index >= 15 is 0 Å². The first-order valence-electron chi connectivity index (χ1n) is 9.23. The Morgan fingerprint density at radius 2 is 2.10 bits per heavy atom. The van der Waals surface area contributed by atoms with E-state index in [1.807, 2.05) is 0 Å². The SMILES string of the molecule is C=CCNc1sc2c3c(c(=O)[nH]c2c1C#N)C(c1ccc(OC)cc1)C(C#N)=C(N)O3. The van der Waals surface area contributed by atoms with Gasteiger partial charge in [0.05, 0.1) is 28.8 Å². The molecule has 8 nitrogen and oxygen atoms in total. The number of nitrogens with one attached hydrogen (secondary N) is 2. The fourth-order valence-corrected chi connectivity index (χ4v) is 4.69. The number of pyridine rings is 1. The highest BCUT2D eigenvalue weighted by molar-refractivity contribution is 7.23. The van der Waals surface area contributed by atoms with Crippen molar-refractivity contribution in [3.63, 3.8) is 0 Å². The van der Waals surface area contributed by atoms with Gasteiger partial charge in [-0.2, -0.15) is 10.5 Å². The predicted octanol–water partition coefficient (Wildman–Crippen LogP) is 3.29. The number of aromatic amines is 1. The van der Waals surface area contributed by atoms with Gasteiger partial charge >= 0.3 is 0 Å². The Bertz CT molecular complexity index is 1370. The molecule has 9 heteroatoms. The van der Waals surface area contributed by atoms with Crippen LogP contribution in [0.1, 0.15) is 22.6 Å². The van der Waals surface area contributed by atoms with Crippen molar-refractivity contribution < 1.29 is 9.47 Å². The van der Waals surface area contributed by atoms with Gasteiger partial charge in [-0.3, -0.25) is 4.79 Å². The van der Waals surface area contributed by atoms with Crippen LogP contribution < -0.4 is 26.1 Å². The number of allylic oxidation sites excluding steroid dienone is 1. The van der Waals surface area contributed by atoms with Crippen molar-refractivity contribution in [1.29, 1.82) is 10.5 Å². The lowest BCUT2D eigenvalue weighted by Crippen LogP contribution is -2.27. The number of nitrogens with zero attached hydrogens (tertiary/aromatic N) is 2. The van der Waals surface area contributed by atoms with Crippen LogP contribution in [0.5, 0.6) is 11.5 Å². The minimum absolute atomic E-state index is 0.0739. The maximum absolute atomic E-state index is 13.2. The van der Waals surface area contributed by atoms with E-state index in [4.69, 9.17) is 15.2 Å². The van der Waals surface area contributed by atoms with Crippen molar-refractivity contribution in [3.8, 4) is 23.6 Å². The molecule has 154 valence electrons. The Balaban J connectivity index is 2.01. The van der Waals surface area contributed by atoms with E-state index in [9.17, 15) is 15.3 Å². The number of hydrogen-bond acceptors (Lipinski definition) is 8. The van der Waals surface area contributed by atoms with E-state index in [1.165, 1.54) is 11.3 Å². The third-order valence-electron chi connectivity index (χ3n) is 4.99. The molecule has 3 heterocycles. The zero-order valence-electron chi connectivity index (χ0n) is 16.5. The maximum atomic E-state index is 13.2. The second-order valence-electron chi connectivity index (χ2n) is 6.69. The van der Waals surface area contributed by atoms with Crippen molar-refractivity contribution in [1.82, 2.24) is 4.98 Å². The lowest BCUT2D eigenvalue weighted by molar-refractivity contribution is 0.397. The normalized spacial score (nSPS) is 14.9. The highest BCUT2D eigenvalue weighted by Crippen LogP contribution is 2.47. The van der Waals surface area contributed by atoms with E-state index in [2.05, 4.69) is 29.0 Å². The number of benzene rings is 1. The molecule has 0 saturated carbocycles. The Morgan fingerprint density at radius 1 is 1.35 bits per heavy atom. The minimum Gasteiger partial charge on any atom is -0.497 e. The molecule has 0 bridgehead atoms. The average molecular weight is 431 g/mol. The molecule has 1 aromatic carbocycles. The first-order chi connectivity index (χ1) is 15.0. The van der Waals surface area contributed by atoms with E-state index in [0.717, 1.165) is 0 Å². The second kappa shape index (κ2) is 7.90. The van der Waals surface area contributed by atoms with Crippen LogP contribution in [-0.4, -0.2) is 18.6 Å². The molecule has 0 aliphatic carbocycles. The molecule has 4 N–H and O–H groups in total. The Morgan fingerprint density at radius 3 is 2.71 bits per heavy atom. The number of nitriles is 2. The van der Waals surface area contributed by atoms with Crippen LogP contribution in [0.2, 0.25) is 0 Å². The predicted molar refractivity (Wildman–Crippen MR) is 118 cm³/mol. The quantitative estimate of drug-likeness (QED) is 0.527. The van der Waals surface area contributed by atoms with Crippen LogP contribution in [0, 0.1) is 22.7 Å². The van der Waals surface area contributed by atoms with Crippen molar-refractivity contribution >= 4 is 26.6 Å². The second-order valence-corrected chi connectivity index (χ2v) is 7.71. The molecule has 2 aromatic heterocycles. The van der Waals surface area contributed by atoms with E-state index in [0.29, 0.717) is 38.6 Å². The zero-order valence-corrected chi connectivity index (χ0v) is 17.3. The van der Waals surface area contributed by atoms with Crippen LogP contribution in [-0.2, 0) is 0 Å². The summed E-state index contributed by atoms with van der Waals surface area (Å²) in [5.41, 5.74) is 7.42. The molecule has 0 saturated heterocycles. The number of methoxy groups -OCH3 is 1. The smallest absolute Gasteiger partial charge is 0.256 e. The number of anilines is 1. The number of fused-ring (bicyclic) bond motifs is 3. The van der Waals surface area contributed by atoms with E-state index in [1.54, 1.807) is 37.5 Å². The minimum atomic E-state index is -0.718. The molecule has 1 aliphatic rings. The Kier molecular flexibility index (Phi) is 5.12. The highest BCUT2D eigenvalue weighted by Gasteiger charge is 2.35. The molecular weight excluding hydrogens is 414 g/mol. The summed E-state index contributed by atoms with van der Waals surface area (Å²) in [4.78, 5) is 16.0. The number of ether oxygens (including phenoxy) is 2. The van der Waals surface area contributed by atoms with Crippen LogP contribution in [0.15, 0.2) is 53.2 Å². The van der Waals surface area contributed by atoms with Gasteiger partial charge in [0.25, 0.3) is 5.56 Å². The number of hydrogen-bond donors (Lipinski definition) is 3. The van der Waals surface area contributed by atoms with E-state index in [-0.39, 0.29) is 22.8 Å². The number of thiophene rings is 1. The summed E-state index contributed by atoms with van der Waals surface area (Å²) >= 11 is 1.27. The fraction of sp³-hybridized carbons (Fsp3) is 0.136. The molecule has 4 rings (SSSR count). The van der Waals surface area contributed by atoms with Crippen LogP contribution in [0.4, 0.5) is 5.00 Å². The largest absolute Gasteiger partial charge is 0.497 e. The molecule has 1 aliphatic heterocycles. The summed E-state index contributed by atoms with van der Waals surface area (Å²) in [5.74, 6) is 0.107. The lowest BCUT2D eigenvalue weighted by atomic mass is 9.84. The summed E-state index contributed by atoms with van der Waals surface area (Å²) in [7, 11) is 1.56. The molecule has 0 spiro atoms. The summed E-state index contributed by atoms with van der Waals surface area (Å²) in [5, 5.41) is 23.1. The summed E-state index contributed by atoms with van der Waals surface area (Å²) in [6.45, 7) is 4.12. The van der Waals surface area contributed by atoms with Crippen LogP contribution >= 0.6 is 11.3 Å². The van der Waals surface area contributed by atoms with Gasteiger partial charge in [-0.05, 0) is 17.7 Å². The van der Waals surface area contributed by atoms with Crippen molar-refractivity contribution in [2.45, 2.75) is 5.92 Å². The summed E-state index contributed by atoms with van der Waals surface area (Å²) in [6.07, 6.45) is 1.67. The first-order valence-corrected chi connectivity index (χ1v) is 10.0. The van der Waals surface area contributed by atoms with Gasteiger partial charge in [-0.15, -0.1) is 17.9 Å². The van der Waals surface area contributed by atoms with Gasteiger partial charge in [-0.1, -0.05) is 18.2 Å². The van der Waals surface area contributed by atoms with Gasteiger partial charge < -0.3 is 25.5 Å². The standard InChI is InChI=1S/C22H17N5O3S/c1-3-8-26-22-14(10-24)17-19(31-22)18-16(21(28)27-17)15(13(9-23)20(25)30-18)11-4-6-12(29-2)7-5-11/h3-7,15,26H,1,8,25H2,2H3,(H,27,28). The van der Waals surface area contributed by atoms with Crippen molar-refractivity contribution in [2.75, 3.05) is 19.0 Å². The summed E-state index contributed by atoms with van der Waals surface area (Å²) in [6, 6.07) is 11.3. The molecule has 0 amide bonds. The van der Waals surface area contributed by atoms with E-state index < -0.39 is 11.5 Å². The molecule has 31 heavy (non-hydrogen) atoms. The third-order valence-corrected chi connectivity index (χ3v) is 6.13. The van der Waals surface area contributed by atoms with Crippen LogP contribution in [0.25, 0.3) is 10.2 Å². The monoisotopic (exact) mass is 431 g/mol. The Hall–Kier alpha value is -4.21. The van der Waals surface area contributed by atoms with Gasteiger partial charge in [0.1, 0.15) is 34.0 Å². The third kappa shape index (κ3) is 3.18. The molecule has 1 unspecified atom stereocenters. The lowest BCUT2D eigenvalue weighted by Gasteiger charge is -2.26. The number of aromatic nitrogens is 1. The highest BCUT2D eigenvalue weighted by atomic mass is 32.1. The number of H-pyrrole nitrogens is 1. The van der Waals surface area contributed by atoms with Gasteiger partial charge in [0.15, 0.2) is 5.75 Å². The molecule has 3 aromatic rings. The number of nitrogens with two attached hydrogens (primary N) is 1. The summed E-state index contributed by atoms with van der Waals surface area (Å²) < 4.78 is 11.6. The topological polar surface area (TPSA) is 137 Å². The first kappa shape index (κ1) is 20.1. The fourth-order valence-electron chi connectivity index (χ4n) is 3.58. The Labute approximate surface area is 181 Å². The van der Waals surface area contributed by atoms with Gasteiger partial charge in [0, 0.05) is 6.54 Å².